The zero-order chi connectivity index (χ0) is 28.6. The fourth-order valence-electron chi connectivity index (χ4n) is 6.17. The highest BCUT2D eigenvalue weighted by Crippen LogP contribution is 2.33. The van der Waals surface area contributed by atoms with Crippen molar-refractivity contribution in [3.8, 4) is 5.69 Å². The predicted molar refractivity (Wildman–Crippen MR) is 178 cm³/mol. The number of para-hydroxylation sites is 2. The standard InChI is InChI=1S/C39H30N4/c1-3-12-27(13-4-1)35-26-36(42-39(41-35)29-14-5-2-6-15-29)34-19-11-18-33(40-34)28-22-24-30(25-23-28)43-37-20-9-7-16-31(37)32-17-8-10-21-38(32)43/h1-26,33,39-41H. The minimum Gasteiger partial charge on any atom is -0.373 e. The minimum absolute atomic E-state index is 0.0357. The Kier molecular flexibility index (Phi) is 6.23. The molecule has 2 aliphatic heterocycles. The van der Waals surface area contributed by atoms with Crippen LogP contribution in [0.1, 0.15) is 28.9 Å². The Balaban J connectivity index is 1.11. The lowest BCUT2D eigenvalue weighted by Gasteiger charge is -2.28. The summed E-state index contributed by atoms with van der Waals surface area (Å²) in [4.78, 5) is 5.15. The molecule has 43 heavy (non-hydrogen) atoms. The van der Waals surface area contributed by atoms with Gasteiger partial charge in [-0.05, 0) is 53.1 Å². The van der Waals surface area contributed by atoms with Crippen LogP contribution in [0.2, 0.25) is 0 Å². The predicted octanol–water partition coefficient (Wildman–Crippen LogP) is 8.65. The largest absolute Gasteiger partial charge is 0.373 e. The third-order valence-corrected chi connectivity index (χ3v) is 8.29. The molecule has 206 valence electrons. The number of rotatable bonds is 5. The lowest BCUT2D eigenvalue weighted by Crippen LogP contribution is -2.30. The Labute approximate surface area is 251 Å². The average molecular weight is 555 g/mol. The first-order valence-corrected chi connectivity index (χ1v) is 14.7. The molecule has 3 heterocycles. The molecule has 6 aromatic rings. The van der Waals surface area contributed by atoms with Crippen LogP contribution in [0.25, 0.3) is 33.2 Å². The number of hydrogen-bond donors (Lipinski definition) is 2. The molecule has 2 N–H and O–H groups in total. The van der Waals surface area contributed by atoms with Crippen molar-refractivity contribution >= 4 is 33.2 Å². The summed E-state index contributed by atoms with van der Waals surface area (Å²) in [6.07, 6.45) is 8.43. The zero-order valence-corrected chi connectivity index (χ0v) is 23.6. The maximum Gasteiger partial charge on any atom is 0.145 e. The van der Waals surface area contributed by atoms with Crippen molar-refractivity contribution in [1.29, 1.82) is 0 Å². The summed E-state index contributed by atoms with van der Waals surface area (Å²) in [6.45, 7) is 0. The van der Waals surface area contributed by atoms with E-state index in [0.717, 1.165) is 33.9 Å². The van der Waals surface area contributed by atoms with Crippen LogP contribution >= 0.6 is 0 Å². The van der Waals surface area contributed by atoms with Gasteiger partial charge in [0.1, 0.15) is 6.17 Å². The van der Waals surface area contributed by atoms with E-state index in [-0.39, 0.29) is 12.2 Å². The molecule has 0 fully saturated rings. The van der Waals surface area contributed by atoms with Gasteiger partial charge in [-0.3, -0.25) is 4.99 Å². The summed E-state index contributed by atoms with van der Waals surface area (Å²) in [7, 11) is 0. The summed E-state index contributed by atoms with van der Waals surface area (Å²) in [5, 5.41) is 9.95. The van der Waals surface area contributed by atoms with E-state index in [1.807, 2.05) is 12.1 Å². The number of hydrogen-bond acceptors (Lipinski definition) is 3. The summed E-state index contributed by atoms with van der Waals surface area (Å²) >= 11 is 0. The summed E-state index contributed by atoms with van der Waals surface area (Å²) in [5.41, 5.74) is 10.1. The van der Waals surface area contributed by atoms with E-state index in [0.29, 0.717) is 0 Å². The second-order valence-electron chi connectivity index (χ2n) is 10.9. The smallest absolute Gasteiger partial charge is 0.145 e. The van der Waals surface area contributed by atoms with Crippen molar-refractivity contribution in [2.75, 3.05) is 0 Å². The first-order valence-electron chi connectivity index (χ1n) is 14.7. The van der Waals surface area contributed by atoms with Crippen LogP contribution in [0.4, 0.5) is 0 Å². The SMILES string of the molecule is C1=CC(c2ccc(-n3c4ccccc4c4ccccc43)cc2)NC(C2=NC(c3ccccc3)NC(c3ccccc3)=C2)=C1. The van der Waals surface area contributed by atoms with E-state index in [1.165, 1.54) is 27.4 Å². The van der Waals surface area contributed by atoms with Crippen LogP contribution in [0, 0.1) is 0 Å². The molecule has 0 aliphatic carbocycles. The van der Waals surface area contributed by atoms with Gasteiger partial charge in [0.2, 0.25) is 0 Å². The Morgan fingerprint density at radius 2 is 1.19 bits per heavy atom. The van der Waals surface area contributed by atoms with E-state index < -0.39 is 0 Å². The van der Waals surface area contributed by atoms with Crippen LogP contribution in [0.3, 0.4) is 0 Å². The lowest BCUT2D eigenvalue weighted by atomic mass is 10.00. The van der Waals surface area contributed by atoms with Gasteiger partial charge in [0, 0.05) is 22.2 Å². The van der Waals surface area contributed by atoms with Gasteiger partial charge in [-0.15, -0.1) is 0 Å². The highest BCUT2D eigenvalue weighted by atomic mass is 15.1. The Hall–Kier alpha value is -5.61. The van der Waals surface area contributed by atoms with Crippen LogP contribution in [0.15, 0.2) is 168 Å². The molecule has 0 bridgehead atoms. The van der Waals surface area contributed by atoms with Crippen molar-refractivity contribution < 1.29 is 0 Å². The van der Waals surface area contributed by atoms with Crippen LogP contribution in [0.5, 0.6) is 0 Å². The first kappa shape index (κ1) is 25.1. The molecular weight excluding hydrogens is 524 g/mol. The number of dihydropyridines is 1. The van der Waals surface area contributed by atoms with Crippen LogP contribution < -0.4 is 10.6 Å². The lowest BCUT2D eigenvalue weighted by molar-refractivity contribution is 0.658. The molecule has 2 atom stereocenters. The molecule has 5 aromatic carbocycles. The minimum atomic E-state index is -0.172. The monoisotopic (exact) mass is 554 g/mol. The normalized spacial score (nSPS) is 18.0. The van der Waals surface area contributed by atoms with Gasteiger partial charge in [-0.2, -0.15) is 0 Å². The summed E-state index contributed by atoms with van der Waals surface area (Å²) in [6, 6.07) is 47.1. The molecule has 0 amide bonds. The van der Waals surface area contributed by atoms with E-state index in [1.54, 1.807) is 0 Å². The number of fused-ring (bicyclic) bond motifs is 3. The zero-order valence-electron chi connectivity index (χ0n) is 23.6. The molecule has 8 rings (SSSR count). The highest BCUT2D eigenvalue weighted by molar-refractivity contribution is 6.13. The second kappa shape index (κ2) is 10.7. The van der Waals surface area contributed by atoms with E-state index in [2.05, 4.69) is 161 Å². The molecule has 0 saturated carbocycles. The van der Waals surface area contributed by atoms with Crippen LogP contribution in [-0.4, -0.2) is 10.3 Å². The Morgan fingerprint density at radius 3 is 1.88 bits per heavy atom. The number of nitrogens with zero attached hydrogens (tertiary/aromatic N) is 2. The number of allylic oxidation sites excluding steroid dienone is 3. The van der Waals surface area contributed by atoms with Crippen molar-refractivity contribution in [3.05, 3.63) is 180 Å². The molecule has 0 saturated heterocycles. The molecular formula is C39H30N4. The number of aromatic nitrogens is 1. The summed E-state index contributed by atoms with van der Waals surface area (Å²) < 4.78 is 2.35. The van der Waals surface area contributed by atoms with Crippen LogP contribution in [-0.2, 0) is 0 Å². The number of nitrogens with one attached hydrogen (secondary N) is 2. The van der Waals surface area contributed by atoms with E-state index in [4.69, 9.17) is 4.99 Å². The van der Waals surface area contributed by atoms with Gasteiger partial charge in [0.15, 0.2) is 0 Å². The number of aliphatic imine (C=N–C) groups is 1. The van der Waals surface area contributed by atoms with E-state index in [9.17, 15) is 0 Å². The van der Waals surface area contributed by atoms with E-state index >= 15 is 0 Å². The van der Waals surface area contributed by atoms with Gasteiger partial charge in [-0.1, -0.05) is 121 Å². The third kappa shape index (κ3) is 4.63. The summed E-state index contributed by atoms with van der Waals surface area (Å²) in [5.74, 6) is 0. The molecule has 0 radical (unpaired) electrons. The second-order valence-corrected chi connectivity index (χ2v) is 10.9. The molecule has 4 nitrogen and oxygen atoms in total. The van der Waals surface area contributed by atoms with Gasteiger partial charge in [0.05, 0.1) is 28.5 Å². The molecule has 4 heteroatoms. The Bertz CT molecular complexity index is 2010. The first-order chi connectivity index (χ1) is 21.3. The third-order valence-electron chi connectivity index (χ3n) is 8.29. The number of benzene rings is 5. The quantitative estimate of drug-likeness (QED) is 0.224. The highest BCUT2D eigenvalue weighted by Gasteiger charge is 2.23. The molecule has 1 aromatic heterocycles. The van der Waals surface area contributed by atoms with Crippen molar-refractivity contribution in [2.24, 2.45) is 4.99 Å². The van der Waals surface area contributed by atoms with Crippen molar-refractivity contribution in [2.45, 2.75) is 12.2 Å². The topological polar surface area (TPSA) is 41.4 Å². The Morgan fingerprint density at radius 1 is 0.558 bits per heavy atom. The van der Waals surface area contributed by atoms with Crippen molar-refractivity contribution in [1.82, 2.24) is 15.2 Å². The molecule has 0 spiro atoms. The van der Waals surface area contributed by atoms with Gasteiger partial charge in [-0.25, -0.2) is 0 Å². The van der Waals surface area contributed by atoms with Gasteiger partial charge in [0.25, 0.3) is 0 Å². The average Bonchev–Trinajstić information content (AvgIpc) is 3.43. The molecule has 2 aliphatic rings. The van der Waals surface area contributed by atoms with Gasteiger partial charge < -0.3 is 15.2 Å². The fourth-order valence-corrected chi connectivity index (χ4v) is 6.17. The maximum atomic E-state index is 5.15. The van der Waals surface area contributed by atoms with Gasteiger partial charge >= 0.3 is 0 Å². The van der Waals surface area contributed by atoms with Crippen molar-refractivity contribution in [3.63, 3.8) is 0 Å². The molecule has 2 unspecified atom stereocenters. The fraction of sp³-hybridized carbons (Fsp3) is 0.0513. The maximum absolute atomic E-state index is 5.15.